The molecular weight excluding hydrogens is 516 g/mol. The number of hydrogen-bond acceptors (Lipinski definition) is 4. The Hall–Kier alpha value is -2.55. The van der Waals surface area contributed by atoms with E-state index in [9.17, 15) is 13.2 Å². The molecule has 3 rings (SSSR count). The van der Waals surface area contributed by atoms with Gasteiger partial charge in [0.25, 0.3) is 5.91 Å². The second kappa shape index (κ2) is 10.8. The molecule has 0 aliphatic rings. The van der Waals surface area contributed by atoms with Crippen molar-refractivity contribution in [1.82, 2.24) is 5.32 Å². The molecule has 1 amide bonds. The maximum atomic E-state index is 12.4. The van der Waals surface area contributed by atoms with Crippen molar-refractivity contribution in [2.45, 2.75) is 6.54 Å². The van der Waals surface area contributed by atoms with Crippen LogP contribution in [0.3, 0.4) is 0 Å². The van der Waals surface area contributed by atoms with E-state index in [1.807, 2.05) is 6.07 Å². The number of carbonyl (C=O) groups is 1. The van der Waals surface area contributed by atoms with E-state index < -0.39 is 10.0 Å². The number of anilines is 1. The fourth-order valence-corrected chi connectivity index (χ4v) is 4.57. The Labute approximate surface area is 201 Å². The Morgan fingerprint density at radius 1 is 1.03 bits per heavy atom. The predicted molar refractivity (Wildman–Crippen MR) is 131 cm³/mol. The second-order valence-corrected chi connectivity index (χ2v) is 10.2. The zero-order chi connectivity index (χ0) is 23.1. The molecule has 0 radical (unpaired) electrons. The van der Waals surface area contributed by atoms with Crippen LogP contribution in [0.4, 0.5) is 5.69 Å². The summed E-state index contributed by atoms with van der Waals surface area (Å²) in [5.41, 5.74) is 1.79. The molecule has 9 heteroatoms. The maximum absolute atomic E-state index is 12.4. The third kappa shape index (κ3) is 6.72. The largest absolute Gasteiger partial charge is 0.492 e. The first-order valence-electron chi connectivity index (χ1n) is 9.72. The van der Waals surface area contributed by atoms with Crippen LogP contribution >= 0.6 is 27.5 Å². The van der Waals surface area contributed by atoms with Gasteiger partial charge >= 0.3 is 0 Å². The lowest BCUT2D eigenvalue weighted by Crippen LogP contribution is -2.30. The first-order chi connectivity index (χ1) is 15.2. The Morgan fingerprint density at radius 3 is 2.31 bits per heavy atom. The number of amides is 1. The van der Waals surface area contributed by atoms with Crippen molar-refractivity contribution in [1.29, 1.82) is 0 Å². The molecule has 0 heterocycles. The molecule has 0 aliphatic heterocycles. The Kier molecular flexibility index (Phi) is 8.17. The number of rotatable bonds is 9. The van der Waals surface area contributed by atoms with Gasteiger partial charge < -0.3 is 10.1 Å². The van der Waals surface area contributed by atoms with Crippen molar-refractivity contribution in [3.8, 4) is 5.75 Å². The van der Waals surface area contributed by atoms with E-state index in [1.165, 1.54) is 10.6 Å². The summed E-state index contributed by atoms with van der Waals surface area (Å²) in [5, 5.41) is 3.43. The number of halogens is 2. The van der Waals surface area contributed by atoms with Gasteiger partial charge in [-0.25, -0.2) is 8.42 Å². The maximum Gasteiger partial charge on any atom is 0.251 e. The normalized spacial score (nSPS) is 11.1. The zero-order valence-corrected chi connectivity index (χ0v) is 20.5. The van der Waals surface area contributed by atoms with Crippen LogP contribution in [-0.4, -0.2) is 33.7 Å². The molecule has 0 bridgehead atoms. The van der Waals surface area contributed by atoms with Gasteiger partial charge in [-0.15, -0.1) is 0 Å². The SMILES string of the molecule is CS(=O)(=O)N(Cc1ccc(C(=O)NCCOc2ccc(Cl)cc2)cc1)c1ccccc1Br. The summed E-state index contributed by atoms with van der Waals surface area (Å²) in [6.45, 7) is 0.812. The van der Waals surface area contributed by atoms with Gasteiger partial charge in [0.15, 0.2) is 0 Å². The number of nitrogens with one attached hydrogen (secondary N) is 1. The van der Waals surface area contributed by atoms with Gasteiger partial charge in [-0.2, -0.15) is 0 Å². The standard InChI is InChI=1S/C23H22BrClN2O4S/c1-32(29,30)27(22-5-3-2-4-21(22)24)16-17-6-8-18(9-7-17)23(28)26-14-15-31-20-12-10-19(25)11-13-20/h2-13H,14-16H2,1H3,(H,26,28). The molecule has 0 fully saturated rings. The quantitative estimate of drug-likeness (QED) is 0.395. The lowest BCUT2D eigenvalue weighted by molar-refractivity contribution is 0.0947. The van der Waals surface area contributed by atoms with Crippen molar-refractivity contribution in [2.24, 2.45) is 0 Å². The fraction of sp³-hybridized carbons (Fsp3) is 0.174. The first kappa shape index (κ1) is 24.1. The predicted octanol–water partition coefficient (Wildman–Crippen LogP) is 4.88. The number of sulfonamides is 1. The average Bonchev–Trinajstić information content (AvgIpc) is 2.76. The van der Waals surface area contributed by atoms with Crippen LogP contribution in [0.2, 0.25) is 5.02 Å². The van der Waals surface area contributed by atoms with Gasteiger partial charge in [0.05, 0.1) is 25.0 Å². The molecular formula is C23H22BrClN2O4S. The Morgan fingerprint density at radius 2 is 1.69 bits per heavy atom. The van der Waals surface area contributed by atoms with Gasteiger partial charge in [0.2, 0.25) is 10.0 Å². The highest BCUT2D eigenvalue weighted by Crippen LogP contribution is 2.29. The number of para-hydroxylation sites is 1. The first-order valence-corrected chi connectivity index (χ1v) is 12.7. The number of benzene rings is 3. The van der Waals surface area contributed by atoms with Gasteiger partial charge in [-0.3, -0.25) is 9.10 Å². The lowest BCUT2D eigenvalue weighted by atomic mass is 10.1. The minimum Gasteiger partial charge on any atom is -0.492 e. The summed E-state index contributed by atoms with van der Waals surface area (Å²) in [7, 11) is -3.50. The molecule has 1 N–H and O–H groups in total. The molecule has 0 aliphatic carbocycles. The molecule has 0 saturated heterocycles. The smallest absolute Gasteiger partial charge is 0.251 e. The Bertz CT molecular complexity index is 1170. The van der Waals surface area contributed by atoms with E-state index in [4.69, 9.17) is 16.3 Å². The summed E-state index contributed by atoms with van der Waals surface area (Å²) in [5.74, 6) is 0.440. The van der Waals surface area contributed by atoms with Gasteiger partial charge in [-0.1, -0.05) is 35.9 Å². The van der Waals surface area contributed by atoms with Crippen LogP contribution < -0.4 is 14.4 Å². The van der Waals surface area contributed by atoms with Crippen LogP contribution in [0.25, 0.3) is 0 Å². The van der Waals surface area contributed by atoms with Crippen molar-refractivity contribution in [3.05, 3.63) is 93.4 Å². The average molecular weight is 538 g/mol. The highest BCUT2D eigenvalue weighted by Gasteiger charge is 2.20. The minimum absolute atomic E-state index is 0.151. The molecule has 168 valence electrons. The van der Waals surface area contributed by atoms with Crippen LogP contribution in [-0.2, 0) is 16.6 Å². The Balaban J connectivity index is 1.58. The summed E-state index contributed by atoms with van der Waals surface area (Å²) >= 11 is 9.24. The van der Waals surface area contributed by atoms with Crippen LogP contribution in [0.15, 0.2) is 77.3 Å². The van der Waals surface area contributed by atoms with E-state index in [1.54, 1.807) is 66.7 Å². The van der Waals surface area contributed by atoms with E-state index in [2.05, 4.69) is 21.2 Å². The third-order valence-electron chi connectivity index (χ3n) is 4.53. The molecule has 3 aromatic rings. The van der Waals surface area contributed by atoms with Crippen molar-refractivity contribution < 1.29 is 17.9 Å². The van der Waals surface area contributed by atoms with Crippen LogP contribution in [0, 0.1) is 0 Å². The topological polar surface area (TPSA) is 75.7 Å². The minimum atomic E-state index is -3.50. The van der Waals surface area contributed by atoms with Crippen molar-refractivity contribution in [3.63, 3.8) is 0 Å². The van der Waals surface area contributed by atoms with E-state index in [0.29, 0.717) is 39.6 Å². The molecule has 0 saturated carbocycles. The third-order valence-corrected chi connectivity index (χ3v) is 6.58. The van der Waals surface area contributed by atoms with Gasteiger partial charge in [0, 0.05) is 15.1 Å². The molecule has 6 nitrogen and oxygen atoms in total. The second-order valence-electron chi connectivity index (χ2n) is 6.98. The monoisotopic (exact) mass is 536 g/mol. The summed E-state index contributed by atoms with van der Waals surface area (Å²) < 4.78 is 32.3. The van der Waals surface area contributed by atoms with E-state index >= 15 is 0 Å². The zero-order valence-electron chi connectivity index (χ0n) is 17.3. The molecule has 3 aromatic carbocycles. The molecule has 0 unspecified atom stereocenters. The summed E-state index contributed by atoms with van der Waals surface area (Å²) in [6, 6.07) is 20.9. The number of hydrogen-bond donors (Lipinski definition) is 1. The fourth-order valence-electron chi connectivity index (χ4n) is 2.93. The highest BCUT2D eigenvalue weighted by molar-refractivity contribution is 9.10. The van der Waals surface area contributed by atoms with Gasteiger partial charge in [-0.05, 0) is 70.0 Å². The number of nitrogens with zero attached hydrogens (tertiary/aromatic N) is 1. The highest BCUT2D eigenvalue weighted by atomic mass is 79.9. The lowest BCUT2D eigenvalue weighted by Gasteiger charge is -2.23. The molecule has 0 spiro atoms. The summed E-state index contributed by atoms with van der Waals surface area (Å²) in [6.07, 6.45) is 1.17. The van der Waals surface area contributed by atoms with Crippen molar-refractivity contribution >= 4 is 49.1 Å². The number of carbonyl (C=O) groups excluding carboxylic acids is 1. The molecule has 0 atom stereocenters. The van der Waals surface area contributed by atoms with Crippen LogP contribution in [0.5, 0.6) is 5.75 Å². The van der Waals surface area contributed by atoms with E-state index in [-0.39, 0.29) is 12.5 Å². The molecule has 32 heavy (non-hydrogen) atoms. The number of ether oxygens (including phenoxy) is 1. The van der Waals surface area contributed by atoms with Crippen LogP contribution in [0.1, 0.15) is 15.9 Å². The molecule has 0 aromatic heterocycles. The van der Waals surface area contributed by atoms with E-state index in [0.717, 1.165) is 5.56 Å². The summed E-state index contributed by atoms with van der Waals surface area (Å²) in [4.78, 5) is 12.4. The van der Waals surface area contributed by atoms with Crippen molar-refractivity contribution in [2.75, 3.05) is 23.7 Å². The van der Waals surface area contributed by atoms with Gasteiger partial charge in [0.1, 0.15) is 12.4 Å².